The normalized spacial score (nSPS) is 16.4. The number of likely N-dealkylation sites (N-methyl/N-ethyl adjacent to an activating group) is 1. The van der Waals surface area contributed by atoms with E-state index in [9.17, 15) is 19.5 Å². The Labute approximate surface area is 245 Å². The molecule has 1 atom stereocenters. The molecule has 0 aliphatic carbocycles. The maximum absolute atomic E-state index is 13.1. The van der Waals surface area contributed by atoms with E-state index in [0.29, 0.717) is 42.9 Å². The van der Waals surface area contributed by atoms with Gasteiger partial charge in [0.2, 0.25) is 0 Å². The van der Waals surface area contributed by atoms with E-state index in [1.54, 1.807) is 17.0 Å². The largest absolute Gasteiger partial charge is 0.369 e. The molecule has 2 aliphatic heterocycles. The summed E-state index contributed by atoms with van der Waals surface area (Å²) in [6.07, 6.45) is 2.10. The van der Waals surface area contributed by atoms with Crippen LogP contribution in [0.25, 0.3) is 21.5 Å². The van der Waals surface area contributed by atoms with E-state index in [-0.39, 0.29) is 17.7 Å². The van der Waals surface area contributed by atoms with Crippen LogP contribution in [-0.2, 0) is 0 Å². The lowest BCUT2D eigenvalue weighted by Crippen LogP contribution is -2.43. The Kier molecular flexibility index (Phi) is 8.02. The van der Waals surface area contributed by atoms with Crippen LogP contribution in [0.5, 0.6) is 0 Å². The van der Waals surface area contributed by atoms with Gasteiger partial charge >= 0.3 is 0 Å². The standard InChI is InChI=1S/C34H36N4O4/c1-36(21-22-38-33(41)27-15-7-11-24-12-8-16-28(30(24)27)34(38)42)19-4-2-3-17-35-18-20-37-31(39)25-13-5-9-23-10-6-14-26(29(23)25)32(37)40/h5-16,33,35,41H,2-4,17-22H2,1H3. The Morgan fingerprint density at radius 2 is 1.29 bits per heavy atom. The number of rotatable bonds is 12. The minimum atomic E-state index is -0.936. The molecule has 6 rings (SSSR count). The number of hydrogen-bond donors (Lipinski definition) is 2. The molecule has 0 saturated carbocycles. The van der Waals surface area contributed by atoms with Crippen LogP contribution in [0.4, 0.5) is 0 Å². The van der Waals surface area contributed by atoms with Crippen LogP contribution in [0.3, 0.4) is 0 Å². The summed E-state index contributed by atoms with van der Waals surface area (Å²) >= 11 is 0. The van der Waals surface area contributed by atoms with Gasteiger partial charge in [0.1, 0.15) is 0 Å². The van der Waals surface area contributed by atoms with Gasteiger partial charge < -0.3 is 20.2 Å². The molecule has 8 heteroatoms. The zero-order valence-corrected chi connectivity index (χ0v) is 23.9. The van der Waals surface area contributed by atoms with Gasteiger partial charge in [-0.3, -0.25) is 19.3 Å². The highest BCUT2D eigenvalue weighted by molar-refractivity contribution is 6.25. The van der Waals surface area contributed by atoms with Crippen molar-refractivity contribution in [2.24, 2.45) is 0 Å². The molecule has 4 aromatic carbocycles. The lowest BCUT2D eigenvalue weighted by Gasteiger charge is -2.34. The van der Waals surface area contributed by atoms with Crippen LogP contribution in [0.15, 0.2) is 72.8 Å². The van der Waals surface area contributed by atoms with E-state index < -0.39 is 6.23 Å². The third-order valence-corrected chi connectivity index (χ3v) is 8.49. The lowest BCUT2D eigenvalue weighted by atomic mass is 9.93. The maximum atomic E-state index is 13.1. The number of hydrogen-bond acceptors (Lipinski definition) is 6. The van der Waals surface area contributed by atoms with Gasteiger partial charge in [-0.1, -0.05) is 61.0 Å². The minimum absolute atomic E-state index is 0.125. The van der Waals surface area contributed by atoms with Crippen LogP contribution < -0.4 is 5.32 Å². The fraction of sp³-hybridized carbons (Fsp3) is 0.324. The van der Waals surface area contributed by atoms with Crippen LogP contribution in [0.2, 0.25) is 0 Å². The van der Waals surface area contributed by atoms with E-state index in [1.807, 2.05) is 67.7 Å². The molecule has 8 nitrogen and oxygen atoms in total. The van der Waals surface area contributed by atoms with Crippen molar-refractivity contribution in [2.45, 2.75) is 25.5 Å². The molecular formula is C34H36N4O4. The number of nitrogens with one attached hydrogen (secondary N) is 1. The maximum Gasteiger partial charge on any atom is 0.261 e. The van der Waals surface area contributed by atoms with Crippen molar-refractivity contribution in [3.05, 3.63) is 95.1 Å². The first-order valence-corrected chi connectivity index (χ1v) is 14.7. The molecule has 0 aromatic heterocycles. The summed E-state index contributed by atoms with van der Waals surface area (Å²) in [6.45, 7) is 3.73. The Morgan fingerprint density at radius 1 is 0.690 bits per heavy atom. The number of imide groups is 1. The molecule has 2 heterocycles. The number of benzene rings is 4. The van der Waals surface area contributed by atoms with Gasteiger partial charge in [-0.25, -0.2) is 0 Å². The van der Waals surface area contributed by atoms with Gasteiger partial charge in [-0.15, -0.1) is 0 Å². The second-order valence-corrected chi connectivity index (χ2v) is 11.2. The summed E-state index contributed by atoms with van der Waals surface area (Å²) in [6, 6.07) is 22.7. The average molecular weight is 565 g/mol. The molecule has 2 aliphatic rings. The van der Waals surface area contributed by atoms with Gasteiger partial charge in [0.05, 0.1) is 0 Å². The average Bonchev–Trinajstić information content (AvgIpc) is 3.01. The third-order valence-electron chi connectivity index (χ3n) is 8.49. The molecule has 1 unspecified atom stereocenters. The molecule has 4 aromatic rings. The molecular weight excluding hydrogens is 528 g/mol. The van der Waals surface area contributed by atoms with Gasteiger partial charge in [0.15, 0.2) is 6.23 Å². The number of nitrogens with zero attached hydrogens (tertiary/aromatic N) is 3. The summed E-state index contributed by atoms with van der Waals surface area (Å²) in [5, 5.41) is 17.8. The number of amides is 3. The van der Waals surface area contributed by atoms with E-state index in [1.165, 1.54) is 4.90 Å². The predicted molar refractivity (Wildman–Crippen MR) is 163 cm³/mol. The van der Waals surface area contributed by atoms with E-state index >= 15 is 0 Å². The highest BCUT2D eigenvalue weighted by Gasteiger charge is 2.33. The van der Waals surface area contributed by atoms with E-state index in [2.05, 4.69) is 10.2 Å². The van der Waals surface area contributed by atoms with Gasteiger partial charge in [0.25, 0.3) is 17.7 Å². The monoisotopic (exact) mass is 564 g/mol. The van der Waals surface area contributed by atoms with E-state index in [0.717, 1.165) is 59.5 Å². The molecule has 2 N–H and O–H groups in total. The summed E-state index contributed by atoms with van der Waals surface area (Å²) in [4.78, 5) is 44.3. The van der Waals surface area contributed by atoms with Crippen molar-refractivity contribution in [3.8, 4) is 0 Å². The van der Waals surface area contributed by atoms with Gasteiger partial charge in [-0.2, -0.15) is 0 Å². The van der Waals surface area contributed by atoms with Crippen LogP contribution >= 0.6 is 0 Å². The Balaban J connectivity index is 0.897. The zero-order valence-electron chi connectivity index (χ0n) is 23.9. The van der Waals surface area contributed by atoms with Gasteiger partial charge in [-0.05, 0) is 62.0 Å². The SMILES string of the molecule is CN(CCCCCNCCN1C(=O)c2cccc3cccc(c23)C1=O)CCN1C(=O)c2cccc3cccc(c23)C1O. The first kappa shape index (κ1) is 28.0. The second kappa shape index (κ2) is 12.0. The molecule has 216 valence electrons. The lowest BCUT2D eigenvalue weighted by molar-refractivity contribution is 0.00200. The molecule has 0 saturated heterocycles. The smallest absolute Gasteiger partial charge is 0.261 e. The molecule has 0 bridgehead atoms. The van der Waals surface area contributed by atoms with Crippen LogP contribution in [0, 0.1) is 0 Å². The van der Waals surface area contributed by atoms with Gasteiger partial charge in [0, 0.05) is 59.2 Å². The summed E-state index contributed by atoms with van der Waals surface area (Å²) in [5.41, 5.74) is 2.62. The van der Waals surface area contributed by atoms with Crippen molar-refractivity contribution < 1.29 is 19.5 Å². The van der Waals surface area contributed by atoms with Crippen LogP contribution in [0.1, 0.15) is 62.1 Å². The number of aliphatic hydroxyl groups is 1. The fourth-order valence-corrected chi connectivity index (χ4v) is 6.22. The fourth-order valence-electron chi connectivity index (χ4n) is 6.22. The van der Waals surface area contributed by atoms with Crippen LogP contribution in [-0.4, -0.2) is 83.8 Å². The highest BCUT2D eigenvalue weighted by Crippen LogP contribution is 2.35. The Bertz CT molecular complexity index is 1610. The number of aliphatic hydroxyl groups excluding tert-OH is 1. The van der Waals surface area contributed by atoms with Crippen molar-refractivity contribution in [3.63, 3.8) is 0 Å². The first-order valence-electron chi connectivity index (χ1n) is 14.7. The van der Waals surface area contributed by atoms with Crippen molar-refractivity contribution in [1.82, 2.24) is 20.0 Å². The molecule has 0 fully saturated rings. The first-order chi connectivity index (χ1) is 20.5. The topological polar surface area (TPSA) is 93.2 Å². The van der Waals surface area contributed by atoms with Crippen molar-refractivity contribution >= 4 is 39.3 Å². The Hall–Kier alpha value is -4.11. The summed E-state index contributed by atoms with van der Waals surface area (Å²) < 4.78 is 0. The number of carbonyl (C=O) groups is 3. The summed E-state index contributed by atoms with van der Waals surface area (Å²) in [5.74, 6) is -0.580. The number of unbranched alkanes of at least 4 members (excludes halogenated alkanes) is 2. The molecule has 3 amide bonds. The number of carbonyl (C=O) groups excluding carboxylic acids is 3. The second-order valence-electron chi connectivity index (χ2n) is 11.2. The Morgan fingerprint density at radius 3 is 1.95 bits per heavy atom. The minimum Gasteiger partial charge on any atom is -0.369 e. The third kappa shape index (κ3) is 5.17. The summed E-state index contributed by atoms with van der Waals surface area (Å²) in [7, 11) is 2.04. The molecule has 42 heavy (non-hydrogen) atoms. The molecule has 0 spiro atoms. The zero-order chi connectivity index (χ0) is 29.2. The molecule has 0 radical (unpaired) electrons. The van der Waals surface area contributed by atoms with Crippen molar-refractivity contribution in [2.75, 3.05) is 46.3 Å². The quantitative estimate of drug-likeness (QED) is 0.195. The van der Waals surface area contributed by atoms with Crippen molar-refractivity contribution in [1.29, 1.82) is 0 Å². The predicted octanol–water partition coefficient (Wildman–Crippen LogP) is 4.43. The van der Waals surface area contributed by atoms with E-state index in [4.69, 9.17) is 0 Å². The highest BCUT2D eigenvalue weighted by atomic mass is 16.3.